The van der Waals surface area contributed by atoms with Crippen molar-refractivity contribution in [1.82, 2.24) is 14.3 Å². The molecule has 3 aromatic carbocycles. The van der Waals surface area contributed by atoms with Crippen LogP contribution in [0.4, 0.5) is 0 Å². The van der Waals surface area contributed by atoms with Gasteiger partial charge in [0.15, 0.2) is 0 Å². The molecule has 1 N–H and O–H groups in total. The van der Waals surface area contributed by atoms with Crippen LogP contribution in [0.5, 0.6) is 0 Å². The monoisotopic (exact) mass is 377 g/mol. The van der Waals surface area contributed by atoms with Crippen molar-refractivity contribution in [3.63, 3.8) is 0 Å². The van der Waals surface area contributed by atoms with Crippen molar-refractivity contribution in [2.45, 2.75) is 18.4 Å². The molecule has 0 bridgehead atoms. The van der Waals surface area contributed by atoms with Crippen LogP contribution in [0.25, 0.3) is 16.5 Å². The van der Waals surface area contributed by atoms with E-state index in [0.29, 0.717) is 0 Å². The molecule has 1 heterocycles. The van der Waals surface area contributed by atoms with Gasteiger partial charge in [0.05, 0.1) is 4.90 Å². The summed E-state index contributed by atoms with van der Waals surface area (Å²) in [5.74, 6) is 0.903. The molecular weight excluding hydrogens is 358 g/mol. The molecule has 0 aliphatic heterocycles. The van der Waals surface area contributed by atoms with E-state index < -0.39 is 10.0 Å². The molecule has 4 aromatic rings. The third kappa shape index (κ3) is 3.63. The standard InChI is InChI=1S/C21H19N3O2S/c1-16-22-12-13-24(16)20-9-6-17(7-10-20)15-23-27(25,26)21-11-8-18-4-2-3-5-19(18)14-21/h2-14,23H,15H2,1H3. The van der Waals surface area contributed by atoms with E-state index in [1.165, 1.54) is 0 Å². The number of rotatable bonds is 5. The quantitative estimate of drug-likeness (QED) is 0.575. The molecule has 0 atom stereocenters. The molecule has 0 amide bonds. The van der Waals surface area contributed by atoms with Gasteiger partial charge in [-0.2, -0.15) is 0 Å². The van der Waals surface area contributed by atoms with Crippen LogP contribution in [0.3, 0.4) is 0 Å². The van der Waals surface area contributed by atoms with Crippen LogP contribution in [0.2, 0.25) is 0 Å². The lowest BCUT2D eigenvalue weighted by atomic mass is 10.1. The van der Waals surface area contributed by atoms with Crippen LogP contribution in [-0.4, -0.2) is 18.0 Å². The van der Waals surface area contributed by atoms with Gasteiger partial charge >= 0.3 is 0 Å². The SMILES string of the molecule is Cc1nccn1-c1ccc(CNS(=O)(=O)c2ccc3ccccc3c2)cc1. The first-order chi connectivity index (χ1) is 13.0. The molecule has 0 saturated heterocycles. The second kappa shape index (κ2) is 6.98. The molecule has 6 heteroatoms. The van der Waals surface area contributed by atoms with Crippen LogP contribution in [0.15, 0.2) is 84.0 Å². The number of hydrogen-bond acceptors (Lipinski definition) is 3. The van der Waals surface area contributed by atoms with Crippen molar-refractivity contribution in [2.75, 3.05) is 0 Å². The number of fused-ring (bicyclic) bond motifs is 1. The van der Waals surface area contributed by atoms with E-state index in [4.69, 9.17) is 0 Å². The van der Waals surface area contributed by atoms with Gasteiger partial charge in [0.2, 0.25) is 10.0 Å². The van der Waals surface area contributed by atoms with Gasteiger partial charge in [-0.15, -0.1) is 0 Å². The van der Waals surface area contributed by atoms with Crippen LogP contribution >= 0.6 is 0 Å². The average Bonchev–Trinajstić information content (AvgIpc) is 3.12. The Balaban J connectivity index is 1.50. The zero-order chi connectivity index (χ0) is 18.9. The molecule has 0 saturated carbocycles. The lowest BCUT2D eigenvalue weighted by molar-refractivity contribution is 0.581. The maximum Gasteiger partial charge on any atom is 0.240 e. The first-order valence-corrected chi connectivity index (χ1v) is 10.1. The molecule has 0 spiro atoms. The number of nitrogens with zero attached hydrogens (tertiary/aromatic N) is 2. The molecule has 0 aliphatic carbocycles. The van der Waals surface area contributed by atoms with Crippen molar-refractivity contribution in [3.05, 3.63) is 90.5 Å². The number of nitrogens with one attached hydrogen (secondary N) is 1. The van der Waals surface area contributed by atoms with Crippen LogP contribution in [0.1, 0.15) is 11.4 Å². The Labute approximate surface area is 158 Å². The first kappa shape index (κ1) is 17.5. The fraction of sp³-hybridized carbons (Fsp3) is 0.0952. The van der Waals surface area contributed by atoms with Crippen LogP contribution in [-0.2, 0) is 16.6 Å². The summed E-state index contributed by atoms with van der Waals surface area (Å²) in [5, 5.41) is 1.92. The Hall–Kier alpha value is -2.96. The number of imidazole rings is 1. The van der Waals surface area contributed by atoms with Gasteiger partial charge < -0.3 is 4.57 Å². The predicted octanol–water partition coefficient (Wildman–Crippen LogP) is 3.81. The molecule has 5 nitrogen and oxygen atoms in total. The highest BCUT2D eigenvalue weighted by Crippen LogP contribution is 2.19. The van der Waals surface area contributed by atoms with Gasteiger partial charge in [0.1, 0.15) is 5.82 Å². The summed E-state index contributed by atoms with van der Waals surface area (Å²) in [6, 6.07) is 20.6. The summed E-state index contributed by atoms with van der Waals surface area (Å²) < 4.78 is 29.9. The van der Waals surface area contributed by atoms with E-state index in [9.17, 15) is 8.42 Å². The lowest BCUT2D eigenvalue weighted by Gasteiger charge is -2.09. The van der Waals surface area contributed by atoms with Gasteiger partial charge in [-0.3, -0.25) is 0 Å². The van der Waals surface area contributed by atoms with Crippen molar-refractivity contribution in [1.29, 1.82) is 0 Å². The van der Waals surface area contributed by atoms with Crippen LogP contribution in [0, 0.1) is 6.92 Å². The third-order valence-corrected chi connectivity index (χ3v) is 5.94. The topological polar surface area (TPSA) is 64.0 Å². The molecule has 1 aromatic heterocycles. The number of aromatic nitrogens is 2. The second-order valence-corrected chi connectivity index (χ2v) is 8.11. The van der Waals surface area contributed by atoms with E-state index in [1.807, 2.05) is 72.3 Å². The Bertz CT molecular complexity index is 1200. The first-order valence-electron chi connectivity index (χ1n) is 8.61. The van der Waals surface area contributed by atoms with Crippen LogP contribution < -0.4 is 4.72 Å². The lowest BCUT2D eigenvalue weighted by Crippen LogP contribution is -2.23. The van der Waals surface area contributed by atoms with Crippen molar-refractivity contribution in [2.24, 2.45) is 0 Å². The molecule has 27 heavy (non-hydrogen) atoms. The van der Waals surface area contributed by atoms with E-state index in [2.05, 4.69) is 9.71 Å². The second-order valence-electron chi connectivity index (χ2n) is 6.34. The summed E-state index contributed by atoms with van der Waals surface area (Å²) in [5.41, 5.74) is 1.88. The summed E-state index contributed by atoms with van der Waals surface area (Å²) in [6.07, 6.45) is 3.65. The predicted molar refractivity (Wildman–Crippen MR) is 106 cm³/mol. The Kier molecular flexibility index (Phi) is 4.51. The maximum atomic E-state index is 12.6. The highest BCUT2D eigenvalue weighted by atomic mass is 32.2. The van der Waals surface area contributed by atoms with Gasteiger partial charge in [0, 0.05) is 24.6 Å². The highest BCUT2D eigenvalue weighted by molar-refractivity contribution is 7.89. The Morgan fingerprint density at radius 3 is 2.41 bits per heavy atom. The van der Waals surface area contributed by atoms with Gasteiger partial charge in [-0.1, -0.05) is 42.5 Å². The zero-order valence-electron chi connectivity index (χ0n) is 14.8. The average molecular weight is 377 g/mol. The third-order valence-electron chi connectivity index (χ3n) is 4.54. The summed E-state index contributed by atoms with van der Waals surface area (Å²) >= 11 is 0. The van der Waals surface area contributed by atoms with E-state index >= 15 is 0 Å². The molecule has 0 unspecified atom stereocenters. The number of sulfonamides is 1. The molecular formula is C21H19N3O2S. The smallest absolute Gasteiger partial charge is 0.240 e. The Morgan fingerprint density at radius 1 is 0.963 bits per heavy atom. The van der Waals surface area contributed by atoms with Crippen molar-refractivity contribution in [3.8, 4) is 5.69 Å². The van der Waals surface area contributed by atoms with E-state index in [0.717, 1.165) is 27.8 Å². The number of benzene rings is 3. The van der Waals surface area contributed by atoms with Crippen molar-refractivity contribution >= 4 is 20.8 Å². The minimum atomic E-state index is -3.58. The zero-order valence-corrected chi connectivity index (χ0v) is 15.6. The van der Waals surface area contributed by atoms with E-state index in [-0.39, 0.29) is 11.4 Å². The molecule has 4 rings (SSSR count). The van der Waals surface area contributed by atoms with Crippen molar-refractivity contribution < 1.29 is 8.42 Å². The molecule has 136 valence electrons. The maximum absolute atomic E-state index is 12.6. The highest BCUT2D eigenvalue weighted by Gasteiger charge is 2.14. The summed E-state index contributed by atoms with van der Waals surface area (Å²) in [6.45, 7) is 2.17. The fourth-order valence-electron chi connectivity index (χ4n) is 3.02. The summed E-state index contributed by atoms with van der Waals surface area (Å²) in [4.78, 5) is 4.48. The van der Waals surface area contributed by atoms with Gasteiger partial charge in [-0.25, -0.2) is 18.1 Å². The van der Waals surface area contributed by atoms with Gasteiger partial charge in [0.25, 0.3) is 0 Å². The normalized spacial score (nSPS) is 11.7. The van der Waals surface area contributed by atoms with E-state index in [1.54, 1.807) is 18.3 Å². The number of aryl methyl sites for hydroxylation is 1. The summed E-state index contributed by atoms with van der Waals surface area (Å²) in [7, 11) is -3.58. The minimum Gasteiger partial charge on any atom is -0.304 e. The number of hydrogen-bond donors (Lipinski definition) is 1. The largest absolute Gasteiger partial charge is 0.304 e. The van der Waals surface area contributed by atoms with Gasteiger partial charge in [-0.05, 0) is 47.5 Å². The molecule has 0 fully saturated rings. The molecule has 0 radical (unpaired) electrons. The molecule has 0 aliphatic rings. The minimum absolute atomic E-state index is 0.234. The Morgan fingerprint density at radius 2 is 1.70 bits per heavy atom. The fourth-order valence-corrected chi connectivity index (χ4v) is 4.07.